The van der Waals surface area contributed by atoms with Crippen molar-refractivity contribution >= 4 is 274 Å². The average Bonchev–Trinajstić information content (AvgIpc) is 0.735. The van der Waals surface area contributed by atoms with E-state index in [1.165, 1.54) is 0 Å². The number of halogens is 9. The second-order valence-electron chi connectivity index (χ2n) is 19.8. The van der Waals surface area contributed by atoms with Crippen molar-refractivity contribution in [2.45, 2.75) is 55.9 Å². The molecule has 3 aromatic carbocycles. The lowest BCUT2D eigenvalue weighted by Gasteiger charge is -2.37. The SMILES string of the molecule is NC(=O)C1CC(C(=O)Nc2c(I)c(C(=O)NCC(O)CO)c(I)c(C(=O)NCC(O)CO)c2I)CC(C(=O)N(c2c(I)c(C(=O)NCC(O)CO)c(I)c(C(=O)NCC(O)CO)c2I)c2c(I)c(C(=O)NCC(O)CO)c(I)c(C(=O)NCC(O)CO)c2I)C1. The summed E-state index contributed by atoms with van der Waals surface area (Å²) >= 11 is 15.4. The summed E-state index contributed by atoms with van der Waals surface area (Å²) in [6, 6.07) is 0. The van der Waals surface area contributed by atoms with Crippen LogP contribution in [0.4, 0.5) is 17.1 Å². The van der Waals surface area contributed by atoms with Crippen LogP contribution in [0.5, 0.6) is 0 Å². The standard InChI is InChI=1S/C51H60I9N9O21/c52-31-25(45(84)62-4-19(76)10-70)34(55)40(35(56)26(31)46(85)63-5-20(77)11-71)68-44(83)17-1-16(43(61)82)2-18(3-17)51(90)69(41-36(57)27(47(86)64-6-21(78)12-72)32(53)28(37(41)58)48(87)65-7-22(79)13-73)42-38(59)29(49(88)66-8-23(80)14-74)33(54)30(39(42)60)50(89)67-9-24(81)15-75/h16-24,70-81H,1-15H2,(H2,61,82)(H,62,84)(H,63,85)(H,64,86)(H,65,87)(H,66,88)(H,67,89)(H,68,83). The van der Waals surface area contributed by atoms with Crippen LogP contribution in [0.2, 0.25) is 0 Å². The van der Waals surface area contributed by atoms with Gasteiger partial charge in [-0.05, 0) is 223 Å². The molecule has 1 aliphatic carbocycles. The molecule has 30 nitrogen and oxygen atoms in total. The zero-order valence-corrected chi connectivity index (χ0v) is 65.7. The highest BCUT2D eigenvalue weighted by atomic mass is 127. The zero-order valence-electron chi connectivity index (χ0n) is 46.3. The quantitative estimate of drug-likeness (QED) is 0.0336. The highest BCUT2D eigenvalue weighted by Crippen LogP contribution is 2.49. The number of nitrogens with zero attached hydrogens (tertiary/aromatic N) is 1. The third-order valence-electron chi connectivity index (χ3n) is 13.3. The molecule has 0 heterocycles. The minimum atomic E-state index is -1.53. The fourth-order valence-corrected chi connectivity index (χ4v) is 22.2. The number of nitrogens with one attached hydrogen (secondary N) is 7. The second-order valence-corrected chi connectivity index (χ2v) is 29.5. The van der Waals surface area contributed by atoms with E-state index in [0.29, 0.717) is 0 Å². The second kappa shape index (κ2) is 38.2. The smallest absolute Gasteiger partial charge is 0.253 e. The maximum atomic E-state index is 16.6. The first kappa shape index (κ1) is 81.4. The van der Waals surface area contributed by atoms with Crippen LogP contribution in [0.25, 0.3) is 0 Å². The van der Waals surface area contributed by atoms with Crippen molar-refractivity contribution in [3.05, 3.63) is 65.5 Å². The number of nitrogens with two attached hydrogens (primary N) is 1. The number of primary amides is 1. The molecule has 3 aromatic rings. The van der Waals surface area contributed by atoms with E-state index >= 15 is 9.59 Å². The number of hydrogen-bond acceptors (Lipinski definition) is 21. The molecular weight excluding hydrogens is 2220 g/mol. The highest BCUT2D eigenvalue weighted by molar-refractivity contribution is 14.1. The summed E-state index contributed by atoms with van der Waals surface area (Å²) in [6.45, 7) is -7.79. The highest BCUT2D eigenvalue weighted by Gasteiger charge is 2.45. The first-order chi connectivity index (χ1) is 42.3. The van der Waals surface area contributed by atoms with Gasteiger partial charge in [-0.25, -0.2) is 0 Å². The van der Waals surface area contributed by atoms with Gasteiger partial charge < -0.3 is 104 Å². The van der Waals surface area contributed by atoms with Crippen molar-refractivity contribution < 1.29 is 104 Å². The number of aliphatic hydroxyl groups excluding tert-OH is 12. The van der Waals surface area contributed by atoms with Crippen LogP contribution in [0, 0.1) is 49.9 Å². The molecule has 498 valence electrons. The Bertz CT molecular complexity index is 2950. The van der Waals surface area contributed by atoms with Crippen molar-refractivity contribution in [2.75, 3.05) is 89.1 Å². The van der Waals surface area contributed by atoms with E-state index in [0.717, 1.165) is 4.90 Å². The first-order valence-corrected chi connectivity index (χ1v) is 36.0. The Morgan fingerprint density at radius 1 is 0.367 bits per heavy atom. The predicted molar refractivity (Wildman–Crippen MR) is 396 cm³/mol. The third kappa shape index (κ3) is 20.5. The number of carbonyl (C=O) groups is 9. The van der Waals surface area contributed by atoms with Gasteiger partial charge in [-0.3, -0.25) is 48.1 Å². The van der Waals surface area contributed by atoms with Gasteiger partial charge in [0.2, 0.25) is 17.7 Å². The number of carbonyl (C=O) groups excluding carboxylic acids is 9. The number of aliphatic hydroxyl groups is 12. The van der Waals surface area contributed by atoms with Crippen LogP contribution in [-0.4, -0.2) is 230 Å². The Balaban J connectivity index is 2.20. The Labute approximate surface area is 635 Å². The first-order valence-electron chi connectivity index (χ1n) is 26.3. The summed E-state index contributed by atoms with van der Waals surface area (Å²) in [7, 11) is 0. The van der Waals surface area contributed by atoms with Crippen LogP contribution in [0.1, 0.15) is 81.4 Å². The van der Waals surface area contributed by atoms with E-state index in [9.17, 15) is 94.8 Å². The summed E-state index contributed by atoms with van der Waals surface area (Å²) in [5, 5.41) is 137. The molecule has 1 fully saturated rings. The van der Waals surface area contributed by atoms with Crippen molar-refractivity contribution in [1.82, 2.24) is 31.9 Å². The number of rotatable bonds is 30. The number of benzene rings is 3. The maximum Gasteiger partial charge on any atom is 0.253 e. The molecular formula is C51H60I9N9O21. The molecule has 39 heteroatoms. The van der Waals surface area contributed by atoms with Crippen LogP contribution < -0.4 is 47.9 Å². The zero-order chi connectivity index (χ0) is 67.9. The topological polar surface area (TPSA) is 510 Å². The molecule has 9 amide bonds. The maximum absolute atomic E-state index is 16.6. The molecule has 4 rings (SSSR count). The summed E-state index contributed by atoms with van der Waals surface area (Å²) < 4.78 is -0.592. The number of anilines is 3. The molecule has 0 radical (unpaired) electrons. The van der Waals surface area contributed by atoms with Gasteiger partial charge in [0.05, 0.1) is 148 Å². The van der Waals surface area contributed by atoms with Gasteiger partial charge in [0.1, 0.15) is 0 Å². The molecule has 9 atom stereocenters. The van der Waals surface area contributed by atoms with E-state index in [1.807, 2.05) is 0 Å². The molecule has 1 aliphatic rings. The van der Waals surface area contributed by atoms with Gasteiger partial charge in [0.25, 0.3) is 35.4 Å². The van der Waals surface area contributed by atoms with Crippen LogP contribution >= 0.6 is 203 Å². The average molecular weight is 2280 g/mol. The van der Waals surface area contributed by atoms with Gasteiger partial charge in [0, 0.05) is 67.7 Å². The minimum absolute atomic E-state index is 0.0295. The van der Waals surface area contributed by atoms with Crippen LogP contribution in [0.3, 0.4) is 0 Å². The largest absolute Gasteiger partial charge is 0.394 e. The van der Waals surface area contributed by atoms with Crippen LogP contribution in [0.15, 0.2) is 0 Å². The Hall–Kier alpha value is -1.02. The molecule has 9 unspecified atom stereocenters. The molecule has 0 aromatic heterocycles. The van der Waals surface area contributed by atoms with Gasteiger partial charge in [-0.15, -0.1) is 0 Å². The van der Waals surface area contributed by atoms with Crippen LogP contribution in [-0.2, 0) is 14.4 Å². The molecule has 21 N–H and O–H groups in total. The molecule has 0 saturated heterocycles. The molecule has 90 heavy (non-hydrogen) atoms. The minimum Gasteiger partial charge on any atom is -0.394 e. The van der Waals surface area contributed by atoms with E-state index in [1.54, 1.807) is 203 Å². The van der Waals surface area contributed by atoms with Gasteiger partial charge in [-0.2, -0.15) is 0 Å². The predicted octanol–water partition coefficient (Wildman–Crippen LogP) is -1.55. The van der Waals surface area contributed by atoms with Gasteiger partial charge in [0.15, 0.2) is 0 Å². The summed E-state index contributed by atoms with van der Waals surface area (Å²) in [5.74, 6) is -12.8. The molecule has 0 bridgehead atoms. The summed E-state index contributed by atoms with van der Waals surface area (Å²) in [6.07, 6.45) is -10.0. The van der Waals surface area contributed by atoms with E-state index in [-0.39, 0.29) is 89.0 Å². The fraction of sp³-hybridized carbons (Fsp3) is 0.471. The lowest BCUT2D eigenvalue weighted by Crippen LogP contribution is -2.44. The summed E-state index contributed by atoms with van der Waals surface area (Å²) in [5.41, 5.74) is 3.55. The van der Waals surface area contributed by atoms with E-state index in [2.05, 4.69) is 37.2 Å². The van der Waals surface area contributed by atoms with E-state index < -0.39 is 199 Å². The Morgan fingerprint density at radius 3 is 0.822 bits per heavy atom. The van der Waals surface area contributed by atoms with Gasteiger partial charge >= 0.3 is 0 Å². The Kier molecular flexibility index (Phi) is 34.6. The van der Waals surface area contributed by atoms with Crippen molar-refractivity contribution in [3.8, 4) is 0 Å². The number of hydrogen-bond donors (Lipinski definition) is 20. The van der Waals surface area contributed by atoms with E-state index in [4.69, 9.17) is 5.73 Å². The monoisotopic (exact) mass is 2280 g/mol. The van der Waals surface area contributed by atoms with Crippen molar-refractivity contribution in [1.29, 1.82) is 0 Å². The fourth-order valence-electron chi connectivity index (χ4n) is 8.55. The molecule has 0 spiro atoms. The molecule has 1 saturated carbocycles. The Morgan fingerprint density at radius 2 is 0.589 bits per heavy atom. The van der Waals surface area contributed by atoms with Crippen molar-refractivity contribution in [2.24, 2.45) is 23.5 Å². The molecule has 0 aliphatic heterocycles. The normalized spacial score (nSPS) is 16.7. The third-order valence-corrected chi connectivity index (χ3v) is 22.9. The summed E-state index contributed by atoms with van der Waals surface area (Å²) in [4.78, 5) is 132. The number of amides is 9. The van der Waals surface area contributed by atoms with Crippen molar-refractivity contribution in [3.63, 3.8) is 0 Å². The van der Waals surface area contributed by atoms with Gasteiger partial charge in [-0.1, -0.05) is 0 Å². The lowest BCUT2D eigenvalue weighted by atomic mass is 9.73. The lowest BCUT2D eigenvalue weighted by molar-refractivity contribution is -0.130.